The van der Waals surface area contributed by atoms with Crippen LogP contribution in [0.25, 0.3) is 17.0 Å². The van der Waals surface area contributed by atoms with Crippen LogP contribution < -0.4 is 9.88 Å². The van der Waals surface area contributed by atoms with Crippen molar-refractivity contribution in [3.63, 3.8) is 0 Å². The highest BCUT2D eigenvalue weighted by Gasteiger charge is 2.12. The first-order valence-electron chi connectivity index (χ1n) is 8.30. The minimum atomic E-state index is -0.221. The van der Waals surface area contributed by atoms with Crippen molar-refractivity contribution in [3.05, 3.63) is 47.1 Å². The largest absolute Gasteiger partial charge is 0.375 e. The molecule has 1 heterocycles. The molecule has 0 spiro atoms. The Hall–Kier alpha value is -1.56. The van der Waals surface area contributed by atoms with Crippen molar-refractivity contribution in [1.29, 1.82) is 0 Å². The Balaban J connectivity index is 2.16. The lowest BCUT2D eigenvalue weighted by atomic mass is 10.2. The van der Waals surface area contributed by atoms with E-state index < -0.39 is 0 Å². The van der Waals surface area contributed by atoms with Gasteiger partial charge in [-0.1, -0.05) is 12.1 Å². The molecule has 2 rings (SSSR count). The van der Waals surface area contributed by atoms with Gasteiger partial charge in [-0.3, -0.25) is 0 Å². The maximum absolute atomic E-state index is 5.58. The number of pyridine rings is 1. The van der Waals surface area contributed by atoms with Gasteiger partial charge in [0.05, 0.1) is 11.6 Å². The molecule has 4 nitrogen and oxygen atoms in total. The highest BCUT2D eigenvalue weighted by molar-refractivity contribution is 8.02. The van der Waals surface area contributed by atoms with Crippen molar-refractivity contribution >= 4 is 28.7 Å². The molecule has 0 aliphatic rings. The number of hydrogen-bond donors (Lipinski definition) is 1. The zero-order valence-corrected chi connectivity index (χ0v) is 15.7. The summed E-state index contributed by atoms with van der Waals surface area (Å²) in [6.45, 7) is 5.87. The van der Waals surface area contributed by atoms with Crippen molar-refractivity contribution in [1.82, 2.24) is 5.32 Å². The summed E-state index contributed by atoms with van der Waals surface area (Å²) in [7, 11) is 2.09. The van der Waals surface area contributed by atoms with E-state index in [-0.39, 0.29) is 6.29 Å². The van der Waals surface area contributed by atoms with Gasteiger partial charge in [0.2, 0.25) is 11.2 Å². The van der Waals surface area contributed by atoms with Gasteiger partial charge in [0, 0.05) is 36.8 Å². The van der Waals surface area contributed by atoms with E-state index in [4.69, 9.17) is 9.47 Å². The molecule has 0 radical (unpaired) electrons. The number of para-hydroxylation sites is 1. The van der Waals surface area contributed by atoms with Crippen molar-refractivity contribution in [2.45, 2.75) is 20.1 Å². The van der Waals surface area contributed by atoms with E-state index in [2.05, 4.69) is 65.7 Å². The van der Waals surface area contributed by atoms with Gasteiger partial charge in [0.1, 0.15) is 7.05 Å². The van der Waals surface area contributed by atoms with Gasteiger partial charge < -0.3 is 14.8 Å². The number of aromatic nitrogens is 1. The van der Waals surface area contributed by atoms with Gasteiger partial charge in [-0.25, -0.2) is 0 Å². The summed E-state index contributed by atoms with van der Waals surface area (Å²) < 4.78 is 13.4. The van der Waals surface area contributed by atoms with Gasteiger partial charge in [-0.2, -0.15) is 4.57 Å². The molecule has 24 heavy (non-hydrogen) atoms. The number of ether oxygens (including phenoxy) is 2. The standard InChI is InChI=1S/C19H26N2O2S/c1-5-22-19(23-6-2)14-20-18(24-4)13-16-12-11-15-9-7-8-10-17(15)21(16)3/h7-13,19H,5-6,14H2,1-4H3/p+1. The molecule has 1 N–H and O–H groups in total. The Morgan fingerprint density at radius 2 is 1.88 bits per heavy atom. The predicted molar refractivity (Wildman–Crippen MR) is 102 cm³/mol. The molecule has 0 saturated carbocycles. The Morgan fingerprint density at radius 1 is 1.17 bits per heavy atom. The van der Waals surface area contributed by atoms with Crippen LogP contribution in [0.3, 0.4) is 0 Å². The zero-order valence-electron chi connectivity index (χ0n) is 14.9. The van der Waals surface area contributed by atoms with Crippen LogP contribution in [0.5, 0.6) is 0 Å². The summed E-state index contributed by atoms with van der Waals surface area (Å²) in [5, 5.41) is 5.75. The van der Waals surface area contributed by atoms with Gasteiger partial charge in [0.25, 0.3) is 0 Å². The quantitative estimate of drug-likeness (QED) is 0.557. The summed E-state index contributed by atoms with van der Waals surface area (Å²) in [5.74, 6) is 0. The van der Waals surface area contributed by atoms with E-state index in [1.165, 1.54) is 10.9 Å². The summed E-state index contributed by atoms with van der Waals surface area (Å²) in [5.41, 5.74) is 2.36. The first-order chi connectivity index (χ1) is 11.7. The van der Waals surface area contributed by atoms with E-state index in [1.54, 1.807) is 11.8 Å². The predicted octanol–water partition coefficient (Wildman–Crippen LogP) is 3.31. The fraction of sp³-hybridized carbons (Fsp3) is 0.421. The molecule has 5 heteroatoms. The minimum absolute atomic E-state index is 0.221. The van der Waals surface area contributed by atoms with Gasteiger partial charge in [0.15, 0.2) is 6.29 Å². The van der Waals surface area contributed by atoms with E-state index in [9.17, 15) is 0 Å². The second-order valence-electron chi connectivity index (χ2n) is 5.31. The van der Waals surface area contributed by atoms with E-state index >= 15 is 0 Å². The monoisotopic (exact) mass is 347 g/mol. The average Bonchev–Trinajstić information content (AvgIpc) is 2.61. The summed E-state index contributed by atoms with van der Waals surface area (Å²) in [6.07, 6.45) is 4.00. The van der Waals surface area contributed by atoms with E-state index in [1.807, 2.05) is 13.8 Å². The van der Waals surface area contributed by atoms with Crippen LogP contribution in [0.4, 0.5) is 0 Å². The van der Waals surface area contributed by atoms with Crippen molar-refractivity contribution in [2.24, 2.45) is 7.05 Å². The first kappa shape index (κ1) is 18.8. The molecule has 0 atom stereocenters. The smallest absolute Gasteiger partial charge is 0.212 e. The Kier molecular flexibility index (Phi) is 7.56. The van der Waals surface area contributed by atoms with Crippen LogP contribution >= 0.6 is 11.8 Å². The third-order valence-corrected chi connectivity index (χ3v) is 4.47. The lowest BCUT2D eigenvalue weighted by Gasteiger charge is -2.18. The molecule has 0 unspecified atom stereocenters. The molecular formula is C19H27N2O2S+. The maximum Gasteiger partial charge on any atom is 0.212 e. The lowest BCUT2D eigenvalue weighted by molar-refractivity contribution is -0.646. The molecule has 130 valence electrons. The van der Waals surface area contributed by atoms with Crippen LogP contribution in [0.1, 0.15) is 19.5 Å². The van der Waals surface area contributed by atoms with Crippen LogP contribution in [-0.4, -0.2) is 32.3 Å². The average molecular weight is 348 g/mol. The molecule has 0 amide bonds. The number of nitrogens with one attached hydrogen (secondary N) is 1. The maximum atomic E-state index is 5.58. The van der Waals surface area contributed by atoms with Crippen LogP contribution in [0.2, 0.25) is 0 Å². The molecular weight excluding hydrogens is 320 g/mol. The van der Waals surface area contributed by atoms with Crippen molar-refractivity contribution in [2.75, 3.05) is 26.0 Å². The van der Waals surface area contributed by atoms with E-state index in [0.717, 1.165) is 10.7 Å². The molecule has 0 fully saturated rings. The molecule has 0 aliphatic carbocycles. The number of benzene rings is 1. The Bertz CT molecular complexity index is 682. The van der Waals surface area contributed by atoms with Gasteiger partial charge in [-0.05, 0) is 32.2 Å². The number of aryl methyl sites for hydroxylation is 1. The van der Waals surface area contributed by atoms with Crippen LogP contribution in [0, 0.1) is 0 Å². The fourth-order valence-electron chi connectivity index (χ4n) is 2.54. The van der Waals surface area contributed by atoms with Crippen LogP contribution in [0.15, 0.2) is 41.4 Å². The summed E-state index contributed by atoms with van der Waals surface area (Å²) in [6, 6.07) is 12.7. The molecule has 0 bridgehead atoms. The molecule has 0 saturated heterocycles. The fourth-order valence-corrected chi connectivity index (χ4v) is 3.01. The topological polar surface area (TPSA) is 34.4 Å². The van der Waals surface area contributed by atoms with Crippen molar-refractivity contribution in [3.8, 4) is 0 Å². The highest BCUT2D eigenvalue weighted by Crippen LogP contribution is 2.15. The Labute approximate surface area is 148 Å². The lowest BCUT2D eigenvalue weighted by Crippen LogP contribution is -2.34. The SMILES string of the molecule is CCOC(CN/C(=C/c1ccc2ccccc2[n+]1C)SC)OCC. The third kappa shape index (κ3) is 4.97. The van der Waals surface area contributed by atoms with Gasteiger partial charge in [-0.15, -0.1) is 11.8 Å². The van der Waals surface area contributed by atoms with E-state index in [0.29, 0.717) is 19.8 Å². The van der Waals surface area contributed by atoms with Gasteiger partial charge >= 0.3 is 0 Å². The molecule has 0 aliphatic heterocycles. The summed E-state index contributed by atoms with van der Waals surface area (Å²) in [4.78, 5) is 0. The highest BCUT2D eigenvalue weighted by atomic mass is 32.2. The number of rotatable bonds is 9. The zero-order chi connectivity index (χ0) is 17.4. The minimum Gasteiger partial charge on any atom is -0.375 e. The number of hydrogen-bond acceptors (Lipinski definition) is 4. The number of thioether (sulfide) groups is 1. The van der Waals surface area contributed by atoms with Crippen LogP contribution in [-0.2, 0) is 16.5 Å². The third-order valence-electron chi connectivity index (χ3n) is 3.77. The molecule has 1 aromatic heterocycles. The Morgan fingerprint density at radius 3 is 2.54 bits per heavy atom. The number of fused-ring (bicyclic) bond motifs is 1. The normalized spacial score (nSPS) is 12.1. The second kappa shape index (κ2) is 9.67. The first-order valence-corrected chi connectivity index (χ1v) is 9.52. The molecule has 1 aromatic carbocycles. The summed E-state index contributed by atoms with van der Waals surface area (Å²) >= 11 is 1.68. The van der Waals surface area contributed by atoms with Crippen molar-refractivity contribution < 1.29 is 14.0 Å². The number of nitrogens with zero attached hydrogens (tertiary/aromatic N) is 1. The molecule has 2 aromatic rings. The second-order valence-corrected chi connectivity index (χ2v) is 6.16.